The van der Waals surface area contributed by atoms with E-state index in [1.54, 1.807) is 0 Å². The smallest absolute Gasteiger partial charge is 0.171 e. The lowest BCUT2D eigenvalue weighted by atomic mass is 9.94. The Kier molecular flexibility index (Phi) is 6.10. The van der Waals surface area contributed by atoms with Gasteiger partial charge in [0.1, 0.15) is 11.8 Å². The van der Waals surface area contributed by atoms with E-state index in [2.05, 4.69) is 32.6 Å². The van der Waals surface area contributed by atoms with Crippen molar-refractivity contribution in [3.63, 3.8) is 0 Å². The molecule has 2 unspecified atom stereocenters. The van der Waals surface area contributed by atoms with Crippen molar-refractivity contribution in [3.8, 4) is 0 Å². The van der Waals surface area contributed by atoms with Gasteiger partial charge in [-0.05, 0) is 39.2 Å². The van der Waals surface area contributed by atoms with E-state index in [9.17, 15) is 0 Å². The first-order chi connectivity index (χ1) is 10.1. The lowest BCUT2D eigenvalue weighted by Gasteiger charge is -2.41. The zero-order valence-corrected chi connectivity index (χ0v) is 14.6. The highest BCUT2D eigenvalue weighted by molar-refractivity contribution is 4.96. The number of hydrogen-bond donors (Lipinski definition) is 0. The molecule has 1 saturated carbocycles. The second-order valence-corrected chi connectivity index (χ2v) is 6.96. The van der Waals surface area contributed by atoms with Crippen molar-refractivity contribution in [3.05, 3.63) is 0 Å². The Balaban J connectivity index is 2.17. The van der Waals surface area contributed by atoms with E-state index in [-0.39, 0.29) is 17.6 Å². The Morgan fingerprint density at radius 3 is 2.33 bits per heavy atom. The summed E-state index contributed by atoms with van der Waals surface area (Å²) in [5.41, 5.74) is -0.239. The van der Waals surface area contributed by atoms with Gasteiger partial charge in [0.15, 0.2) is 5.79 Å². The molecule has 21 heavy (non-hydrogen) atoms. The van der Waals surface area contributed by atoms with Crippen molar-refractivity contribution in [1.29, 1.82) is 0 Å². The Labute approximate surface area is 131 Å². The van der Waals surface area contributed by atoms with E-state index in [0.717, 1.165) is 32.4 Å². The van der Waals surface area contributed by atoms with E-state index in [1.807, 2.05) is 0 Å². The minimum absolute atomic E-state index is 0.224. The van der Waals surface area contributed by atoms with Crippen LogP contribution in [-0.2, 0) is 9.47 Å². The standard InChI is InChI=1S/C18H35NO2/c1-5-8-12-16-17(4,19(7-3)15-6-2)21-18(20-16)13-10-9-11-14-18/h16H,5-15H2,1-4H3. The van der Waals surface area contributed by atoms with E-state index >= 15 is 0 Å². The van der Waals surface area contributed by atoms with Crippen molar-refractivity contribution >= 4 is 0 Å². The van der Waals surface area contributed by atoms with Gasteiger partial charge in [-0.2, -0.15) is 0 Å². The lowest BCUT2D eigenvalue weighted by molar-refractivity contribution is -0.229. The predicted octanol–water partition coefficient (Wildman–Crippen LogP) is 4.70. The summed E-state index contributed by atoms with van der Waals surface area (Å²) in [4.78, 5) is 2.50. The second kappa shape index (κ2) is 7.43. The zero-order chi connectivity index (χ0) is 15.3. The minimum atomic E-state index is -0.285. The number of unbranched alkanes of at least 4 members (excludes halogenated alkanes) is 1. The molecule has 1 aliphatic heterocycles. The van der Waals surface area contributed by atoms with Crippen LogP contribution < -0.4 is 0 Å². The third-order valence-corrected chi connectivity index (χ3v) is 5.29. The fourth-order valence-electron chi connectivity index (χ4n) is 4.09. The third kappa shape index (κ3) is 3.62. The quantitative estimate of drug-likeness (QED) is 0.680. The minimum Gasteiger partial charge on any atom is -0.342 e. The molecule has 1 heterocycles. The molecule has 2 atom stereocenters. The van der Waals surface area contributed by atoms with Crippen molar-refractivity contribution in [1.82, 2.24) is 4.90 Å². The van der Waals surface area contributed by atoms with Crippen molar-refractivity contribution in [2.45, 2.75) is 103 Å². The fraction of sp³-hybridized carbons (Fsp3) is 1.00. The topological polar surface area (TPSA) is 21.7 Å². The van der Waals surface area contributed by atoms with Gasteiger partial charge in [0.05, 0.1) is 0 Å². The van der Waals surface area contributed by atoms with Crippen LogP contribution in [0.2, 0.25) is 0 Å². The molecule has 124 valence electrons. The van der Waals surface area contributed by atoms with E-state index < -0.39 is 0 Å². The molecule has 3 nitrogen and oxygen atoms in total. The summed E-state index contributed by atoms with van der Waals surface area (Å²) >= 11 is 0. The van der Waals surface area contributed by atoms with Crippen LogP contribution >= 0.6 is 0 Å². The largest absolute Gasteiger partial charge is 0.342 e. The number of nitrogens with zero attached hydrogens (tertiary/aromatic N) is 1. The number of hydrogen-bond acceptors (Lipinski definition) is 3. The van der Waals surface area contributed by atoms with Crippen molar-refractivity contribution < 1.29 is 9.47 Å². The van der Waals surface area contributed by atoms with Crippen LogP contribution in [0, 0.1) is 0 Å². The maximum absolute atomic E-state index is 6.70. The average Bonchev–Trinajstić information content (AvgIpc) is 2.76. The first-order valence-electron chi connectivity index (χ1n) is 9.23. The summed E-state index contributed by atoms with van der Waals surface area (Å²) in [5, 5.41) is 0. The molecule has 2 fully saturated rings. The van der Waals surface area contributed by atoms with Gasteiger partial charge in [0, 0.05) is 19.4 Å². The molecule has 0 aromatic heterocycles. The highest BCUT2D eigenvalue weighted by Gasteiger charge is 2.56. The molecule has 2 rings (SSSR count). The van der Waals surface area contributed by atoms with E-state index in [4.69, 9.17) is 9.47 Å². The summed E-state index contributed by atoms with van der Waals surface area (Å²) < 4.78 is 13.3. The van der Waals surface area contributed by atoms with Gasteiger partial charge >= 0.3 is 0 Å². The molecular formula is C18H35NO2. The van der Waals surface area contributed by atoms with Gasteiger partial charge in [-0.3, -0.25) is 4.90 Å². The number of rotatable bonds is 7. The third-order valence-electron chi connectivity index (χ3n) is 5.29. The van der Waals surface area contributed by atoms with Crippen LogP contribution in [0.1, 0.15) is 85.5 Å². The summed E-state index contributed by atoms with van der Waals surface area (Å²) in [5.74, 6) is -0.285. The molecule has 0 aromatic carbocycles. The molecule has 0 bridgehead atoms. The highest BCUT2D eigenvalue weighted by atomic mass is 16.8. The Bertz CT molecular complexity index is 314. The van der Waals surface area contributed by atoms with Crippen LogP contribution in [-0.4, -0.2) is 35.6 Å². The molecule has 0 radical (unpaired) electrons. The highest BCUT2D eigenvalue weighted by Crippen LogP contribution is 2.47. The maximum Gasteiger partial charge on any atom is 0.171 e. The number of ether oxygens (including phenoxy) is 2. The average molecular weight is 297 g/mol. The molecule has 1 saturated heterocycles. The van der Waals surface area contributed by atoms with E-state index in [0.29, 0.717) is 0 Å². The molecule has 1 spiro atoms. The van der Waals surface area contributed by atoms with Gasteiger partial charge in [0.2, 0.25) is 0 Å². The molecule has 1 aliphatic carbocycles. The molecule has 0 aromatic rings. The van der Waals surface area contributed by atoms with Gasteiger partial charge in [-0.1, -0.05) is 40.0 Å². The summed E-state index contributed by atoms with van der Waals surface area (Å²) in [6, 6.07) is 0. The monoisotopic (exact) mass is 297 g/mol. The van der Waals surface area contributed by atoms with Crippen molar-refractivity contribution in [2.24, 2.45) is 0 Å². The van der Waals surface area contributed by atoms with Gasteiger partial charge < -0.3 is 9.47 Å². The Morgan fingerprint density at radius 1 is 1.05 bits per heavy atom. The van der Waals surface area contributed by atoms with Gasteiger partial charge in [-0.25, -0.2) is 0 Å². The van der Waals surface area contributed by atoms with Crippen LogP contribution in [0.4, 0.5) is 0 Å². The van der Waals surface area contributed by atoms with Crippen LogP contribution in [0.5, 0.6) is 0 Å². The summed E-state index contributed by atoms with van der Waals surface area (Å²) in [6.45, 7) is 11.1. The lowest BCUT2D eigenvalue weighted by Crippen LogP contribution is -2.54. The maximum atomic E-state index is 6.70. The number of likely N-dealkylation sites (N-methyl/N-ethyl adjacent to an activating group) is 1. The van der Waals surface area contributed by atoms with Crippen LogP contribution in [0.25, 0.3) is 0 Å². The fourth-order valence-corrected chi connectivity index (χ4v) is 4.09. The van der Waals surface area contributed by atoms with Gasteiger partial charge in [-0.15, -0.1) is 0 Å². The Morgan fingerprint density at radius 2 is 1.76 bits per heavy atom. The molecule has 0 amide bonds. The van der Waals surface area contributed by atoms with Crippen LogP contribution in [0.3, 0.4) is 0 Å². The van der Waals surface area contributed by atoms with Crippen molar-refractivity contribution in [2.75, 3.05) is 13.1 Å². The first kappa shape index (κ1) is 17.2. The van der Waals surface area contributed by atoms with Gasteiger partial charge in [0.25, 0.3) is 0 Å². The molecular weight excluding hydrogens is 262 g/mol. The van der Waals surface area contributed by atoms with Crippen LogP contribution in [0.15, 0.2) is 0 Å². The molecule has 0 N–H and O–H groups in total. The summed E-state index contributed by atoms with van der Waals surface area (Å²) in [6.07, 6.45) is 10.9. The van der Waals surface area contributed by atoms with E-state index in [1.165, 1.54) is 38.5 Å². The SMILES string of the molecule is CCCCC1OC2(CCCCC2)OC1(C)N(CC)CCC. The molecule has 3 heteroatoms. The second-order valence-electron chi connectivity index (χ2n) is 6.96. The zero-order valence-electron chi connectivity index (χ0n) is 14.6. The molecule has 2 aliphatic rings. The summed E-state index contributed by atoms with van der Waals surface area (Å²) in [7, 11) is 0. The Hall–Kier alpha value is -0.120. The first-order valence-corrected chi connectivity index (χ1v) is 9.23. The predicted molar refractivity (Wildman–Crippen MR) is 87.2 cm³/mol. The normalized spacial score (nSPS) is 32.1.